The maximum Gasteiger partial charge on any atom is 2.00 e. The number of aliphatic hydroxyl groups is 4. The first-order valence-corrected chi connectivity index (χ1v) is 34.9. The Morgan fingerprint density at radius 1 is 0.194 bits per heavy atom. The third-order valence-corrected chi connectivity index (χ3v) is 23.4. The second-order valence-corrected chi connectivity index (χ2v) is 27.3. The molecule has 0 amide bonds. The topological polar surface area (TPSA) is 344 Å². The Hall–Kier alpha value is -12.1. The number of hydrogen-bond acceptors (Lipinski definition) is 20. The first-order valence-electron chi connectivity index (χ1n) is 31.3. The molecule has 0 atom stereocenters. The molecule has 0 bridgehead atoms. The molecular weight excluding hydrogens is 1370 g/mol. The van der Waals surface area contributed by atoms with Gasteiger partial charge in [0.05, 0.1) is 68.8 Å². The first kappa shape index (κ1) is 76.6. The summed E-state index contributed by atoms with van der Waals surface area (Å²) in [5.74, 6) is 1.47. The van der Waals surface area contributed by atoms with Gasteiger partial charge in [0.25, 0.3) is 0 Å². The van der Waals surface area contributed by atoms with Crippen LogP contribution in [0.15, 0.2) is 315 Å². The zero-order valence-electron chi connectivity index (χ0n) is 56.0. The molecule has 27 heteroatoms. The van der Waals surface area contributed by atoms with E-state index in [1.807, 2.05) is 48.5 Å². The molecule has 4 N–H and O–H groups in total. The Morgan fingerprint density at radius 2 is 0.340 bits per heavy atom. The van der Waals surface area contributed by atoms with Crippen molar-refractivity contribution in [2.45, 2.75) is 0 Å². The van der Waals surface area contributed by atoms with Crippen molar-refractivity contribution in [3.05, 3.63) is 315 Å². The Labute approximate surface area is 606 Å². The van der Waals surface area contributed by atoms with Crippen molar-refractivity contribution in [2.24, 2.45) is 0 Å². The maximum absolute atomic E-state index is 7.00. The van der Waals surface area contributed by atoms with E-state index in [0.29, 0.717) is 68.8 Å². The molecule has 16 aromatic rings. The third kappa shape index (κ3) is 18.8. The molecule has 0 spiro atoms. The third-order valence-electron chi connectivity index (χ3n) is 14.9. The summed E-state index contributed by atoms with van der Waals surface area (Å²) in [5, 5.41) is 97.0. The molecule has 0 aliphatic rings. The van der Waals surface area contributed by atoms with E-state index in [1.54, 1.807) is 24.3 Å². The Morgan fingerprint density at radius 3 is 0.476 bits per heavy atom. The Balaban J connectivity index is 0.000000168. The maximum atomic E-state index is 7.00. The van der Waals surface area contributed by atoms with Crippen molar-refractivity contribution in [2.75, 3.05) is 28.4 Å². The molecule has 0 aliphatic heterocycles. The molecule has 0 unspecified atom stereocenters. The summed E-state index contributed by atoms with van der Waals surface area (Å²) in [6.07, 6.45) is 0. The smallest absolute Gasteiger partial charge is 0.400 e. The Bertz CT molecular complexity index is 4120. The van der Waals surface area contributed by atoms with E-state index in [0.717, 1.165) is 28.4 Å². The standard InChI is InChI=1S/2C24H20P.2C12H6N10.4CH4O.Fe/c2*1-5-13-21(14-6-1)25(22-15-7-2-8-16-22,23-17-9-3-10-18-23)24-19-11-4-12-20-24;2*1-3-7(13-9(5-1)11-15-19-20-16-11)8-4-2-6-10(14-8)12-17-21-22-18-12;4*1-2;/h2*1-20H;2*1-6H;4*2H,1H3;/q2*+1;2*-2;;;;;+2. The number of pyridine rings is 4. The van der Waals surface area contributed by atoms with Crippen LogP contribution >= 0.6 is 14.5 Å². The SMILES string of the molecule is CO.CO.CO.CO.[Fe+2].c1cc(-c2cccc(-c3nnn[n-]3)n2)nc(-c2nnn[n-]2)c1.c1cc(-c2cccc(-c3nnn[n-]3)n2)nc(-c2nnn[n-]2)c1.c1ccc([P+](c2ccccc2)(c2ccccc2)c2ccccc2)cc1.c1ccc([P+](c2ccccc2)(c2ccccc2)c2ccccc2)cc1. The molecule has 24 nitrogen and oxygen atoms in total. The number of benzene rings is 8. The molecule has 0 radical (unpaired) electrons. The van der Waals surface area contributed by atoms with Gasteiger partial charge in [0.1, 0.15) is 57.0 Å². The Kier molecular flexibility index (Phi) is 30.4. The van der Waals surface area contributed by atoms with Gasteiger partial charge in [-0.05, 0) is 146 Å². The molecule has 8 aromatic carbocycles. The number of tetrazole rings is 4. The van der Waals surface area contributed by atoms with Crippen molar-refractivity contribution < 1.29 is 37.5 Å². The molecule has 0 saturated heterocycles. The first-order chi connectivity index (χ1) is 50.6. The van der Waals surface area contributed by atoms with Crippen LogP contribution in [0.3, 0.4) is 0 Å². The summed E-state index contributed by atoms with van der Waals surface area (Å²) >= 11 is 0. The van der Waals surface area contributed by atoms with Gasteiger partial charge < -0.3 is 40.8 Å². The van der Waals surface area contributed by atoms with E-state index in [-0.39, 0.29) is 17.1 Å². The van der Waals surface area contributed by atoms with Crippen molar-refractivity contribution in [3.63, 3.8) is 0 Å². The molecule has 0 aliphatic carbocycles. The second kappa shape index (κ2) is 40.8. The summed E-state index contributed by atoms with van der Waals surface area (Å²) < 4.78 is 0. The molecule has 16 rings (SSSR count). The van der Waals surface area contributed by atoms with Crippen molar-refractivity contribution in [1.29, 1.82) is 0 Å². The minimum Gasteiger partial charge on any atom is -0.400 e. The van der Waals surface area contributed by atoms with Gasteiger partial charge in [-0.15, -0.1) is 0 Å². The van der Waals surface area contributed by atoms with Gasteiger partial charge >= 0.3 is 17.1 Å². The molecule has 0 saturated carbocycles. The quantitative estimate of drug-likeness (QED) is 0.0660. The van der Waals surface area contributed by atoms with Crippen LogP contribution in [0.5, 0.6) is 0 Å². The van der Waals surface area contributed by atoms with Gasteiger partial charge in [0, 0.05) is 28.4 Å². The van der Waals surface area contributed by atoms with E-state index >= 15 is 0 Å². The largest absolute Gasteiger partial charge is 2.00 e. The number of hydrogen-bond donors (Lipinski definition) is 4. The van der Waals surface area contributed by atoms with E-state index in [4.69, 9.17) is 20.4 Å². The summed E-state index contributed by atoms with van der Waals surface area (Å²) in [4.78, 5) is 17.9. The predicted octanol–water partition coefficient (Wildman–Crippen LogP) is 6.57. The van der Waals surface area contributed by atoms with Crippen LogP contribution in [-0.2, 0) is 17.1 Å². The fourth-order valence-corrected chi connectivity index (χ4v) is 19.3. The number of rotatable bonds is 14. The van der Waals surface area contributed by atoms with Crippen molar-refractivity contribution in [3.8, 4) is 68.8 Å². The van der Waals surface area contributed by atoms with Crippen LogP contribution in [0.1, 0.15) is 0 Å². The second-order valence-electron chi connectivity index (χ2n) is 20.5. The van der Waals surface area contributed by atoms with Crippen molar-refractivity contribution in [1.82, 2.24) is 102 Å². The summed E-state index contributed by atoms with van der Waals surface area (Å²) in [6, 6.07) is 109. The van der Waals surface area contributed by atoms with Crippen LogP contribution < -0.4 is 62.8 Å². The normalized spacial score (nSPS) is 10.3. The molecular formula is C76H68FeN20O4P2. The summed E-state index contributed by atoms with van der Waals surface area (Å²) in [6.45, 7) is 0. The zero-order valence-corrected chi connectivity index (χ0v) is 58.9. The van der Waals surface area contributed by atoms with Gasteiger partial charge in [-0.1, -0.05) is 170 Å². The fourth-order valence-electron chi connectivity index (χ4n) is 10.8. The minimum atomic E-state index is -1.91. The predicted molar refractivity (Wildman–Crippen MR) is 399 cm³/mol. The van der Waals surface area contributed by atoms with Gasteiger partial charge in [-0.25, -0.2) is 19.9 Å². The molecule has 0 fully saturated rings. The monoisotopic (exact) mass is 1440 g/mol. The minimum absolute atomic E-state index is 0. The summed E-state index contributed by atoms with van der Waals surface area (Å²) in [5.41, 5.74) is 4.94. The molecule has 514 valence electrons. The molecule has 8 heterocycles. The van der Waals surface area contributed by atoms with Gasteiger partial charge in [-0.3, -0.25) is 41.2 Å². The fraction of sp³-hybridized carbons (Fsp3) is 0.0526. The van der Waals surface area contributed by atoms with Crippen LogP contribution in [0.25, 0.3) is 68.8 Å². The molecule has 103 heavy (non-hydrogen) atoms. The zero-order chi connectivity index (χ0) is 71.5. The van der Waals surface area contributed by atoms with Crippen LogP contribution in [0.4, 0.5) is 0 Å². The van der Waals surface area contributed by atoms with E-state index in [1.165, 1.54) is 42.4 Å². The van der Waals surface area contributed by atoms with Crippen LogP contribution in [0.2, 0.25) is 0 Å². The van der Waals surface area contributed by atoms with Gasteiger partial charge in [0.2, 0.25) is 0 Å². The van der Waals surface area contributed by atoms with Gasteiger partial charge in [0.15, 0.2) is 0 Å². The molecule has 8 aromatic heterocycles. The van der Waals surface area contributed by atoms with Crippen molar-refractivity contribution >= 4 is 57.0 Å². The van der Waals surface area contributed by atoms with Gasteiger partial charge in [-0.2, -0.15) is 20.9 Å². The number of nitrogens with zero attached hydrogens (tertiary/aromatic N) is 20. The average Bonchev–Trinajstić information content (AvgIpc) is 1.72. The number of aromatic nitrogens is 20. The summed E-state index contributed by atoms with van der Waals surface area (Å²) in [7, 11) is 0.189. The average molecular weight is 1440 g/mol. The van der Waals surface area contributed by atoms with Crippen LogP contribution in [-0.4, -0.2) is 131 Å². The number of aliphatic hydroxyl groups excluding tert-OH is 4. The van der Waals surface area contributed by atoms with E-state index in [2.05, 4.69) is 345 Å². The van der Waals surface area contributed by atoms with Crippen LogP contribution in [0, 0.1) is 0 Å². The van der Waals surface area contributed by atoms with E-state index < -0.39 is 14.5 Å². The van der Waals surface area contributed by atoms with E-state index in [9.17, 15) is 0 Å².